The minimum absolute atomic E-state index is 0.124. The van der Waals surface area contributed by atoms with E-state index in [-0.39, 0.29) is 5.91 Å². The molecule has 0 saturated carbocycles. The lowest BCUT2D eigenvalue weighted by Gasteiger charge is -2.26. The van der Waals surface area contributed by atoms with Gasteiger partial charge in [-0.25, -0.2) is 4.98 Å². The zero-order valence-corrected chi connectivity index (χ0v) is 14.4. The van der Waals surface area contributed by atoms with Gasteiger partial charge in [-0.2, -0.15) is 0 Å². The van der Waals surface area contributed by atoms with Gasteiger partial charge in [0, 0.05) is 24.3 Å². The lowest BCUT2D eigenvalue weighted by Crippen LogP contribution is -2.43. The Hall–Kier alpha value is -2.18. The van der Waals surface area contributed by atoms with Crippen molar-refractivity contribution in [3.05, 3.63) is 41.7 Å². The Morgan fingerprint density at radius 2 is 2.08 bits per heavy atom. The van der Waals surface area contributed by atoms with Crippen LogP contribution < -0.4 is 0 Å². The van der Waals surface area contributed by atoms with Gasteiger partial charge in [-0.05, 0) is 27.4 Å². The van der Waals surface area contributed by atoms with E-state index >= 15 is 0 Å². The number of likely N-dealkylation sites (tertiary alicyclic amines) is 1. The van der Waals surface area contributed by atoms with Crippen molar-refractivity contribution < 1.29 is 9.90 Å². The van der Waals surface area contributed by atoms with Crippen molar-refractivity contribution in [2.45, 2.75) is 18.9 Å². The van der Waals surface area contributed by atoms with Gasteiger partial charge < -0.3 is 19.9 Å². The minimum atomic E-state index is -0.842. The van der Waals surface area contributed by atoms with Gasteiger partial charge in [-0.3, -0.25) is 4.79 Å². The minimum Gasteiger partial charge on any atom is -0.387 e. The number of hydrogen-bond acceptors (Lipinski definition) is 4. The molecule has 2 aromatic rings. The van der Waals surface area contributed by atoms with Crippen molar-refractivity contribution in [3.63, 3.8) is 0 Å². The molecule has 1 atom stereocenters. The third-order valence-corrected chi connectivity index (χ3v) is 4.36. The van der Waals surface area contributed by atoms with Crippen LogP contribution in [-0.2, 0) is 0 Å². The molecule has 1 aliphatic rings. The lowest BCUT2D eigenvalue weighted by atomic mass is 10.0. The van der Waals surface area contributed by atoms with Crippen molar-refractivity contribution in [2.75, 3.05) is 33.7 Å². The maximum Gasteiger partial charge on any atom is 0.274 e. The third-order valence-electron chi connectivity index (χ3n) is 4.36. The Balaban J connectivity index is 1.78. The van der Waals surface area contributed by atoms with Crippen LogP contribution in [0, 0.1) is 6.92 Å². The van der Waals surface area contributed by atoms with Crippen molar-refractivity contribution in [2.24, 2.45) is 0 Å². The molecule has 128 valence electrons. The number of aromatic amines is 1. The molecule has 3 rings (SSSR count). The second kappa shape index (κ2) is 6.37. The molecule has 1 aliphatic heterocycles. The summed E-state index contributed by atoms with van der Waals surface area (Å²) in [6, 6.07) is 9.74. The van der Waals surface area contributed by atoms with Crippen molar-refractivity contribution in [1.82, 2.24) is 19.8 Å². The number of likely N-dealkylation sites (N-methyl/N-ethyl adjacent to an activating group) is 1. The highest BCUT2D eigenvalue weighted by Crippen LogP contribution is 2.25. The summed E-state index contributed by atoms with van der Waals surface area (Å²) >= 11 is 0. The van der Waals surface area contributed by atoms with Crippen LogP contribution in [0.1, 0.15) is 22.6 Å². The number of H-pyrrole nitrogens is 1. The number of rotatable bonds is 4. The highest BCUT2D eigenvalue weighted by molar-refractivity contribution is 5.94. The topological polar surface area (TPSA) is 72.5 Å². The number of hydrogen-bond donors (Lipinski definition) is 2. The molecular formula is C18H24N4O2. The first-order valence-electron chi connectivity index (χ1n) is 8.16. The number of imidazole rings is 1. The Morgan fingerprint density at radius 3 is 2.75 bits per heavy atom. The number of aryl methyl sites for hydroxylation is 1. The standard InChI is InChI=1S/C18H24N4O2/c1-13-15(20-16(19-13)14-7-5-4-6-8-14)17(23)22-10-9-18(24,12-22)11-21(2)3/h4-8,24H,9-12H2,1-3H3,(H,19,20)/t18-/m1/s1. The lowest BCUT2D eigenvalue weighted by molar-refractivity contribution is 0.0235. The maximum atomic E-state index is 12.8. The molecule has 1 amide bonds. The van der Waals surface area contributed by atoms with Crippen molar-refractivity contribution in [3.8, 4) is 11.4 Å². The number of aromatic nitrogens is 2. The fourth-order valence-corrected chi connectivity index (χ4v) is 3.30. The van der Waals surface area contributed by atoms with Crippen LogP contribution in [0.3, 0.4) is 0 Å². The Labute approximate surface area is 142 Å². The zero-order chi connectivity index (χ0) is 17.3. The quantitative estimate of drug-likeness (QED) is 0.893. The van der Waals surface area contributed by atoms with E-state index in [4.69, 9.17) is 0 Å². The molecule has 0 bridgehead atoms. The van der Waals surface area contributed by atoms with Crippen LogP contribution in [0.15, 0.2) is 30.3 Å². The molecule has 1 aromatic carbocycles. The third kappa shape index (κ3) is 3.34. The summed E-state index contributed by atoms with van der Waals surface area (Å²) in [5.74, 6) is 0.569. The normalized spacial score (nSPS) is 20.8. The molecule has 0 aliphatic carbocycles. The SMILES string of the molecule is Cc1[nH]c(-c2ccccc2)nc1C(=O)N1CC[C@@](O)(CN(C)C)C1. The molecule has 24 heavy (non-hydrogen) atoms. The molecule has 6 nitrogen and oxygen atoms in total. The number of nitrogens with zero attached hydrogens (tertiary/aromatic N) is 3. The van der Waals surface area contributed by atoms with E-state index in [2.05, 4.69) is 9.97 Å². The number of carbonyl (C=O) groups is 1. The Bertz CT molecular complexity index is 726. The van der Waals surface area contributed by atoms with Gasteiger partial charge in [0.25, 0.3) is 5.91 Å². The van der Waals surface area contributed by atoms with E-state index in [1.54, 1.807) is 4.90 Å². The molecule has 1 aromatic heterocycles. The number of carbonyl (C=O) groups excluding carboxylic acids is 1. The maximum absolute atomic E-state index is 12.8. The molecule has 0 unspecified atom stereocenters. The van der Waals surface area contributed by atoms with Crippen LogP contribution in [-0.4, -0.2) is 70.1 Å². The van der Waals surface area contributed by atoms with E-state index in [0.717, 1.165) is 11.3 Å². The summed E-state index contributed by atoms with van der Waals surface area (Å²) in [5, 5.41) is 10.6. The number of aliphatic hydroxyl groups is 1. The average molecular weight is 328 g/mol. The van der Waals surface area contributed by atoms with E-state index in [1.807, 2.05) is 56.3 Å². The van der Waals surface area contributed by atoms with Gasteiger partial charge in [0.15, 0.2) is 0 Å². The van der Waals surface area contributed by atoms with Gasteiger partial charge in [0.1, 0.15) is 11.5 Å². The molecule has 2 N–H and O–H groups in total. The summed E-state index contributed by atoms with van der Waals surface area (Å²) in [7, 11) is 3.85. The summed E-state index contributed by atoms with van der Waals surface area (Å²) < 4.78 is 0. The van der Waals surface area contributed by atoms with Crippen LogP contribution in [0.25, 0.3) is 11.4 Å². The van der Waals surface area contributed by atoms with E-state index in [0.29, 0.717) is 37.6 Å². The first-order valence-corrected chi connectivity index (χ1v) is 8.16. The summed E-state index contributed by atoms with van der Waals surface area (Å²) in [4.78, 5) is 24.1. The number of amides is 1. The smallest absolute Gasteiger partial charge is 0.274 e. The Kier molecular flexibility index (Phi) is 4.43. The molecule has 2 heterocycles. The highest BCUT2D eigenvalue weighted by Gasteiger charge is 2.39. The Morgan fingerprint density at radius 1 is 1.38 bits per heavy atom. The van der Waals surface area contributed by atoms with E-state index < -0.39 is 5.60 Å². The fourth-order valence-electron chi connectivity index (χ4n) is 3.30. The van der Waals surface area contributed by atoms with Crippen LogP contribution >= 0.6 is 0 Å². The number of β-amino-alcohol motifs (C(OH)–C–C–N with tert-alkyl or cyclic N) is 1. The average Bonchev–Trinajstić information content (AvgIpc) is 3.10. The van der Waals surface area contributed by atoms with Gasteiger partial charge in [-0.15, -0.1) is 0 Å². The largest absolute Gasteiger partial charge is 0.387 e. The molecule has 0 spiro atoms. The zero-order valence-electron chi connectivity index (χ0n) is 14.4. The summed E-state index contributed by atoms with van der Waals surface area (Å²) in [6.45, 7) is 3.30. The monoisotopic (exact) mass is 328 g/mol. The highest BCUT2D eigenvalue weighted by atomic mass is 16.3. The second-order valence-corrected chi connectivity index (χ2v) is 6.86. The molecule has 6 heteroatoms. The van der Waals surface area contributed by atoms with Crippen LogP contribution in [0.5, 0.6) is 0 Å². The molecule has 1 saturated heterocycles. The molecular weight excluding hydrogens is 304 g/mol. The first-order chi connectivity index (χ1) is 11.4. The van der Waals surface area contributed by atoms with Crippen molar-refractivity contribution in [1.29, 1.82) is 0 Å². The summed E-state index contributed by atoms with van der Waals surface area (Å²) in [5.41, 5.74) is 1.29. The predicted octanol–water partition coefficient (Wildman–Crippen LogP) is 1.52. The fraction of sp³-hybridized carbons (Fsp3) is 0.444. The van der Waals surface area contributed by atoms with Crippen molar-refractivity contribution >= 4 is 5.91 Å². The first kappa shape index (κ1) is 16.7. The molecule has 0 radical (unpaired) electrons. The van der Waals surface area contributed by atoms with Gasteiger partial charge >= 0.3 is 0 Å². The van der Waals surface area contributed by atoms with E-state index in [1.165, 1.54) is 0 Å². The van der Waals surface area contributed by atoms with Gasteiger partial charge in [0.05, 0.1) is 12.1 Å². The van der Waals surface area contributed by atoms with Gasteiger partial charge in [0.2, 0.25) is 0 Å². The summed E-state index contributed by atoms with van der Waals surface area (Å²) in [6.07, 6.45) is 0.589. The second-order valence-electron chi connectivity index (χ2n) is 6.86. The molecule has 1 fully saturated rings. The number of benzene rings is 1. The van der Waals surface area contributed by atoms with Crippen LogP contribution in [0.4, 0.5) is 0 Å². The van der Waals surface area contributed by atoms with Gasteiger partial charge in [-0.1, -0.05) is 30.3 Å². The van der Waals surface area contributed by atoms with Crippen LogP contribution in [0.2, 0.25) is 0 Å². The van der Waals surface area contributed by atoms with E-state index in [9.17, 15) is 9.90 Å². The predicted molar refractivity (Wildman–Crippen MR) is 92.8 cm³/mol. The number of nitrogens with one attached hydrogen (secondary N) is 1.